The van der Waals surface area contributed by atoms with E-state index in [0.29, 0.717) is 79.4 Å². The molecule has 1 heterocycles. The standard InChI is InChI=1S/C84H124O17/c1-14-76(8,70(88)95-41-68(86)96-66(35-67(85)98-75(5,6)7)63-33-49-15-16-57(63)24-49)42-79(11,74(92)100-83-38-54-23-55(39-83)37-82(93,36-54)46-83)44-78(10,71(89)97-65-19-20-94-69(65)87)45-80(12,73(91)99-81(13)59-25-50-21-51(27-59)28-60(81)26-50)43-77(9,40-64-48(4)56-17-18-58(64)34-56)72(90)101-84(47(2)3)61-29-52-22-53(31-61)32-62(84)30-52/h15-16,47-66,93H,14,17-46H2,1-13H3. The van der Waals surface area contributed by atoms with Gasteiger partial charge in [0, 0.05) is 18.8 Å². The van der Waals surface area contributed by atoms with Gasteiger partial charge in [0.2, 0.25) is 6.10 Å². The molecule has 16 bridgehead atoms. The molecule has 1 aliphatic heterocycles. The predicted octanol–water partition coefficient (Wildman–Crippen LogP) is 15.1. The van der Waals surface area contributed by atoms with Crippen LogP contribution >= 0.6 is 0 Å². The molecule has 17 nitrogen and oxygen atoms in total. The molecule has 0 radical (unpaired) electrons. The molecule has 15 saturated carbocycles. The summed E-state index contributed by atoms with van der Waals surface area (Å²) in [5, 5.41) is 12.2. The van der Waals surface area contributed by atoms with Crippen LogP contribution in [-0.2, 0) is 76.3 Å². The van der Waals surface area contributed by atoms with Gasteiger partial charge in [-0.3, -0.25) is 28.8 Å². The first-order valence-corrected chi connectivity index (χ1v) is 40.4. The Bertz CT molecular complexity index is 3210. The van der Waals surface area contributed by atoms with Gasteiger partial charge in [-0.05, 0) is 330 Å². The van der Waals surface area contributed by atoms with Crippen LogP contribution in [0.1, 0.15) is 276 Å². The molecule has 0 aromatic carbocycles. The number of aliphatic hydroxyl groups is 1. The lowest BCUT2D eigenvalue weighted by atomic mass is 9.47. The zero-order valence-corrected chi connectivity index (χ0v) is 63.6. The van der Waals surface area contributed by atoms with E-state index in [2.05, 4.69) is 39.8 Å². The molecule has 101 heavy (non-hydrogen) atoms. The lowest BCUT2D eigenvalue weighted by Gasteiger charge is -2.62. The number of hydrogen-bond donors (Lipinski definition) is 1. The molecule has 1 N–H and O–H groups in total. The average molecular weight is 1410 g/mol. The number of hydrogen-bond acceptors (Lipinski definition) is 17. The summed E-state index contributed by atoms with van der Waals surface area (Å²) in [6.07, 6.45) is 20.5. The summed E-state index contributed by atoms with van der Waals surface area (Å²) in [4.78, 5) is 123. The quantitative estimate of drug-likeness (QED) is 0.0458. The van der Waals surface area contributed by atoms with E-state index in [1.807, 2.05) is 13.8 Å². The van der Waals surface area contributed by atoms with E-state index in [4.69, 9.17) is 37.9 Å². The summed E-state index contributed by atoms with van der Waals surface area (Å²) < 4.78 is 51.8. The zero-order valence-electron chi connectivity index (χ0n) is 63.6. The molecule has 16 fully saturated rings. The number of carbonyl (C=O) groups excluding carboxylic acids is 8. The van der Waals surface area contributed by atoms with Gasteiger partial charge in [0.05, 0.1) is 45.7 Å². The van der Waals surface area contributed by atoms with Crippen LogP contribution in [0.4, 0.5) is 0 Å². The smallest absolute Gasteiger partial charge is 0.347 e. The molecule has 17 heteroatoms. The largest absolute Gasteiger partial charge is 0.463 e. The van der Waals surface area contributed by atoms with E-state index in [-0.39, 0.29) is 123 Å². The number of cyclic esters (lactones) is 1. The molecule has 0 amide bonds. The van der Waals surface area contributed by atoms with Crippen molar-refractivity contribution in [2.24, 2.45) is 134 Å². The van der Waals surface area contributed by atoms with Gasteiger partial charge in [0.25, 0.3) is 0 Å². The zero-order chi connectivity index (χ0) is 72.2. The van der Waals surface area contributed by atoms with Crippen LogP contribution in [-0.4, -0.2) is 106 Å². The van der Waals surface area contributed by atoms with Crippen LogP contribution in [0, 0.1) is 134 Å². The highest BCUT2D eigenvalue weighted by Gasteiger charge is 2.67. The van der Waals surface area contributed by atoms with E-state index >= 15 is 24.0 Å². The molecule has 0 spiro atoms. The second-order valence-electron chi connectivity index (χ2n) is 40.5. The van der Waals surface area contributed by atoms with Gasteiger partial charge >= 0.3 is 47.8 Å². The number of rotatable bonds is 27. The molecule has 17 rings (SSSR count). The van der Waals surface area contributed by atoms with E-state index < -0.39 is 116 Å². The SMILES string of the molecule is CCC(C)(CC(C)(CC(C)(CC(C)(CC(C)(CC1C2CCC(C2)C1C)C(=O)OC1(C(C)C)C2CC3CC(C2)CC1C3)C(=O)OC1(C)C2CC3CC(C2)CC1C3)C(=O)OC1CCOC1=O)C(=O)OC12CC3CC(CC(O)(C3)C1)C2)C(=O)OCC(=O)OC(CC(=O)OC(C)(C)C)C1CC2C=CC1C2. The van der Waals surface area contributed by atoms with Crippen molar-refractivity contribution >= 4 is 47.8 Å². The lowest BCUT2D eigenvalue weighted by Crippen LogP contribution is -2.63. The Labute approximate surface area is 601 Å². The van der Waals surface area contributed by atoms with E-state index in [1.54, 1.807) is 48.5 Å². The third-order valence-electron chi connectivity index (χ3n) is 30.9. The maximum absolute atomic E-state index is 16.9. The fourth-order valence-corrected chi connectivity index (χ4v) is 27.3. The van der Waals surface area contributed by atoms with Crippen molar-refractivity contribution in [1.82, 2.24) is 0 Å². The molecule has 0 aromatic rings. The van der Waals surface area contributed by atoms with Crippen LogP contribution in [0.5, 0.6) is 0 Å². The van der Waals surface area contributed by atoms with Gasteiger partial charge in [-0.25, -0.2) is 9.59 Å². The Kier molecular flexibility index (Phi) is 19.0. The number of ether oxygens (including phenoxy) is 8. The van der Waals surface area contributed by atoms with Crippen molar-refractivity contribution in [2.45, 2.75) is 316 Å². The number of allylic oxidation sites excluding steroid dienone is 2. The van der Waals surface area contributed by atoms with Crippen LogP contribution in [0.15, 0.2) is 12.2 Å². The Hall–Kier alpha value is -4.54. The van der Waals surface area contributed by atoms with Crippen molar-refractivity contribution in [3.05, 3.63) is 12.2 Å². The second-order valence-corrected chi connectivity index (χ2v) is 40.5. The second kappa shape index (κ2) is 26.2. The first-order valence-electron chi connectivity index (χ1n) is 40.4. The Morgan fingerprint density at radius 1 is 0.584 bits per heavy atom. The fraction of sp³-hybridized carbons (Fsp3) is 0.881. The van der Waals surface area contributed by atoms with Gasteiger partial charge in [-0.15, -0.1) is 0 Å². The van der Waals surface area contributed by atoms with Crippen molar-refractivity contribution in [1.29, 1.82) is 0 Å². The average Bonchev–Trinajstić information content (AvgIpc) is 1.31. The van der Waals surface area contributed by atoms with Crippen LogP contribution in [0.25, 0.3) is 0 Å². The van der Waals surface area contributed by atoms with E-state index in [9.17, 15) is 19.5 Å². The highest BCUT2D eigenvalue weighted by atomic mass is 16.6. The molecule has 17 aliphatic rings. The van der Waals surface area contributed by atoms with Crippen LogP contribution < -0.4 is 0 Å². The van der Waals surface area contributed by atoms with Gasteiger partial charge < -0.3 is 43.0 Å². The van der Waals surface area contributed by atoms with Crippen molar-refractivity contribution in [3.8, 4) is 0 Å². The molecule has 16 atom stereocenters. The summed E-state index contributed by atoms with van der Waals surface area (Å²) >= 11 is 0. The Morgan fingerprint density at radius 3 is 1.62 bits per heavy atom. The van der Waals surface area contributed by atoms with Gasteiger partial charge in [-0.1, -0.05) is 39.8 Å². The summed E-state index contributed by atoms with van der Waals surface area (Å²) in [7, 11) is 0. The van der Waals surface area contributed by atoms with Crippen molar-refractivity contribution in [3.63, 3.8) is 0 Å². The first-order chi connectivity index (χ1) is 47.3. The molecule has 16 aliphatic carbocycles. The molecule has 1 saturated heterocycles. The van der Waals surface area contributed by atoms with Crippen LogP contribution in [0.2, 0.25) is 0 Å². The maximum Gasteiger partial charge on any atom is 0.347 e. The summed E-state index contributed by atoms with van der Waals surface area (Å²) in [6.45, 7) is 24.3. The lowest BCUT2D eigenvalue weighted by molar-refractivity contribution is -0.235. The van der Waals surface area contributed by atoms with Crippen molar-refractivity contribution in [2.75, 3.05) is 13.2 Å². The molecular weight excluding hydrogens is 1280 g/mol. The minimum Gasteiger partial charge on any atom is -0.463 e. The maximum atomic E-state index is 16.9. The normalized spacial score (nSPS) is 42.5. The third kappa shape index (κ3) is 13.7. The summed E-state index contributed by atoms with van der Waals surface area (Å²) in [5.41, 5.74) is -12.6. The first kappa shape index (κ1) is 73.4. The van der Waals surface area contributed by atoms with Gasteiger partial charge in [0.15, 0.2) is 6.61 Å². The monoisotopic (exact) mass is 1400 g/mol. The Balaban J connectivity index is 0.834. The van der Waals surface area contributed by atoms with Crippen LogP contribution in [0.3, 0.4) is 0 Å². The minimum atomic E-state index is -1.89. The van der Waals surface area contributed by atoms with Gasteiger partial charge in [0.1, 0.15) is 28.5 Å². The third-order valence-corrected chi connectivity index (χ3v) is 30.9. The van der Waals surface area contributed by atoms with E-state index in [1.165, 1.54) is 12.8 Å². The molecular formula is C84H124O17. The van der Waals surface area contributed by atoms with Gasteiger partial charge in [-0.2, -0.15) is 0 Å². The summed E-state index contributed by atoms with van der Waals surface area (Å²) in [5.74, 6) is -0.186. The number of esters is 8. The highest BCUT2D eigenvalue weighted by molar-refractivity contribution is 5.88. The van der Waals surface area contributed by atoms with Crippen molar-refractivity contribution < 1.29 is 81.4 Å². The number of fused-ring (bicyclic) bond motifs is 4. The highest BCUT2D eigenvalue weighted by Crippen LogP contribution is 2.67. The predicted molar refractivity (Wildman–Crippen MR) is 374 cm³/mol. The molecule has 562 valence electrons. The Morgan fingerprint density at radius 2 is 1.12 bits per heavy atom. The topological polar surface area (TPSA) is 231 Å². The fourth-order valence-electron chi connectivity index (χ4n) is 27.3. The number of carbonyl (C=O) groups is 8. The minimum absolute atomic E-state index is 0.0250. The molecule has 16 unspecified atom stereocenters. The van der Waals surface area contributed by atoms with E-state index in [0.717, 1.165) is 89.9 Å². The summed E-state index contributed by atoms with van der Waals surface area (Å²) in [6, 6.07) is 0. The molecule has 0 aromatic heterocycles.